The molecule has 0 aromatic heterocycles. The molecule has 2 spiro atoms. The molecular formula is C58H88O15S2. The lowest BCUT2D eigenvalue weighted by Gasteiger charge is -2.69. The number of aliphatic hydroxyl groups excluding tert-OH is 2. The molecule has 5 saturated heterocycles. The average molecular weight is 1090 g/mol. The molecule has 22 atom stereocenters. The Morgan fingerprint density at radius 1 is 0.693 bits per heavy atom. The summed E-state index contributed by atoms with van der Waals surface area (Å²) in [6.07, 6.45) is 11.1. The van der Waals surface area contributed by atoms with Gasteiger partial charge in [0.15, 0.2) is 11.6 Å². The van der Waals surface area contributed by atoms with Gasteiger partial charge in [-0.2, -0.15) is 16.8 Å². The standard InChI is InChI=1S/C58H88O15S2/c1-30(36-12-14-38-34-22-43(72-74(63,64)65)48-50(4,5)57(61)45(59)26-55(48,28-69-57)40(34)17-19-53(36,38)9)11-16-47-52(8)24-31(2)33(25-52)21-42(71-47)32(3)37-13-15-39-35-23-44(73-75(66,67)68)49-51(6,7)58(62)46(60)27-56(49,29-70-58)41(35)18-20-54(37,39)10/h24,30,32-33,36-39,42-49,59-62H,11-23,25-29H2,1-10H3,(H,63,64,65)(H,66,67,68)/t30-,32+,33-,36-,37-,38+,39+,42-,43+,44+,45+,46+,47+,48+,49+,52-,53-,54-,55+,56+,57+,58+/m1/s1. The fraction of sp³-hybridized carbons (Fsp3) is 0.897. The zero-order valence-electron chi connectivity index (χ0n) is 46.1. The molecule has 5 heterocycles. The lowest BCUT2D eigenvalue weighted by molar-refractivity contribution is -0.408. The number of hydrogen-bond acceptors (Lipinski definition) is 13. The van der Waals surface area contributed by atoms with Crippen LogP contribution in [0.25, 0.3) is 0 Å². The summed E-state index contributed by atoms with van der Waals surface area (Å²) in [5.74, 6) is -2.53. The fourth-order valence-electron chi connectivity index (χ4n) is 22.4. The summed E-state index contributed by atoms with van der Waals surface area (Å²) in [6, 6.07) is 0. The van der Waals surface area contributed by atoms with Crippen LogP contribution in [-0.4, -0.2) is 108 Å². The van der Waals surface area contributed by atoms with E-state index in [1.165, 1.54) is 27.9 Å². The van der Waals surface area contributed by atoms with Crippen LogP contribution in [0.1, 0.15) is 172 Å². The quantitative estimate of drug-likeness (QED) is 0.0886. The summed E-state index contributed by atoms with van der Waals surface area (Å²) >= 11 is 0. The van der Waals surface area contributed by atoms with Crippen LogP contribution < -0.4 is 0 Å². The summed E-state index contributed by atoms with van der Waals surface area (Å²) in [4.78, 5) is 0. The minimum Gasteiger partial charge on any atom is -0.387 e. The number of allylic oxidation sites excluding steroid dienone is 1. The Labute approximate surface area is 446 Å². The number of rotatable bonds is 10. The third kappa shape index (κ3) is 7.39. The molecule has 0 radical (unpaired) electrons. The normalized spacial score (nSPS) is 52.0. The van der Waals surface area contributed by atoms with Gasteiger partial charge in [-0.1, -0.05) is 96.3 Å². The molecule has 0 aromatic carbocycles. The molecular weight excluding hydrogens is 1000 g/mol. The minimum absolute atomic E-state index is 0.0312. The van der Waals surface area contributed by atoms with Crippen LogP contribution in [0.3, 0.4) is 0 Å². The Kier molecular flexibility index (Phi) is 12.2. The average Bonchev–Trinajstić information content (AvgIpc) is 4.01. The van der Waals surface area contributed by atoms with Crippen LogP contribution in [0.4, 0.5) is 0 Å². The molecule has 17 heteroatoms. The molecule has 15 nitrogen and oxygen atoms in total. The van der Waals surface area contributed by atoms with Gasteiger partial charge in [-0.15, -0.1) is 0 Å². The largest absolute Gasteiger partial charge is 0.397 e. The van der Waals surface area contributed by atoms with Crippen molar-refractivity contribution >= 4 is 20.8 Å². The molecule has 0 aromatic rings. The van der Waals surface area contributed by atoms with Crippen molar-refractivity contribution < 1.29 is 68.9 Å². The maximum absolute atomic E-state index is 12.6. The van der Waals surface area contributed by atoms with Crippen LogP contribution in [0, 0.1) is 91.2 Å². The van der Waals surface area contributed by atoms with Gasteiger partial charge in [-0.3, -0.25) is 9.11 Å². The van der Waals surface area contributed by atoms with Gasteiger partial charge in [-0.25, -0.2) is 8.37 Å². The van der Waals surface area contributed by atoms with Gasteiger partial charge < -0.3 is 34.6 Å². The summed E-state index contributed by atoms with van der Waals surface area (Å²) < 4.78 is 102. The third-order valence-electron chi connectivity index (χ3n) is 25.5. The molecule has 0 amide bonds. The van der Waals surface area contributed by atoms with Crippen molar-refractivity contribution in [3.63, 3.8) is 0 Å². The Morgan fingerprint density at radius 3 is 1.63 bits per heavy atom. The number of fused-ring (bicyclic) bond motifs is 10. The smallest absolute Gasteiger partial charge is 0.387 e. The van der Waals surface area contributed by atoms with Gasteiger partial charge in [-0.05, 0) is 162 Å². The zero-order valence-corrected chi connectivity index (χ0v) is 47.8. The number of hydrogen-bond donors (Lipinski definition) is 6. The predicted octanol–water partition coefficient (Wildman–Crippen LogP) is 8.82. The van der Waals surface area contributed by atoms with Crippen LogP contribution in [0.2, 0.25) is 0 Å². The molecule has 14 rings (SSSR count). The predicted molar refractivity (Wildman–Crippen MR) is 277 cm³/mol. The fourth-order valence-corrected chi connectivity index (χ4v) is 23.4. The lowest BCUT2D eigenvalue weighted by Crippen LogP contribution is -2.76. The number of aliphatic hydroxyl groups is 4. The molecule has 9 aliphatic carbocycles. The van der Waals surface area contributed by atoms with Crippen LogP contribution in [0.5, 0.6) is 0 Å². The van der Waals surface area contributed by atoms with Crippen molar-refractivity contribution in [2.24, 2.45) is 91.2 Å². The highest BCUT2D eigenvalue weighted by atomic mass is 32.3. The maximum Gasteiger partial charge on any atom is 0.397 e. The van der Waals surface area contributed by atoms with E-state index in [1.807, 2.05) is 27.7 Å². The van der Waals surface area contributed by atoms with Crippen molar-refractivity contribution in [3.05, 3.63) is 33.9 Å². The van der Waals surface area contributed by atoms with E-state index < -0.39 is 90.3 Å². The van der Waals surface area contributed by atoms with Gasteiger partial charge in [0.05, 0.1) is 37.6 Å². The van der Waals surface area contributed by atoms with E-state index in [4.69, 9.17) is 22.6 Å². The van der Waals surface area contributed by atoms with E-state index in [9.17, 15) is 46.4 Å². The van der Waals surface area contributed by atoms with Crippen LogP contribution >= 0.6 is 0 Å². The molecule has 9 fully saturated rings. The highest BCUT2D eigenvalue weighted by Crippen LogP contribution is 2.74. The highest BCUT2D eigenvalue weighted by Gasteiger charge is 2.76. The Bertz CT molecular complexity index is 2720. The molecule has 0 unspecified atom stereocenters. The molecule has 6 N–H and O–H groups in total. The topological polar surface area (TPSA) is 236 Å². The summed E-state index contributed by atoms with van der Waals surface area (Å²) in [6.45, 7) is 22.1. The minimum atomic E-state index is -4.84. The first-order chi connectivity index (χ1) is 34.7. The molecule has 6 bridgehead atoms. The van der Waals surface area contributed by atoms with Crippen molar-refractivity contribution in [1.82, 2.24) is 0 Å². The molecule has 5 aliphatic heterocycles. The van der Waals surface area contributed by atoms with E-state index >= 15 is 0 Å². The highest BCUT2D eigenvalue weighted by molar-refractivity contribution is 7.81. The monoisotopic (exact) mass is 1090 g/mol. The van der Waals surface area contributed by atoms with Crippen LogP contribution in [0.15, 0.2) is 33.9 Å². The summed E-state index contributed by atoms with van der Waals surface area (Å²) in [5.41, 5.74) is 2.53. The van der Waals surface area contributed by atoms with E-state index in [2.05, 4.69) is 47.6 Å². The van der Waals surface area contributed by atoms with Crippen molar-refractivity contribution in [1.29, 1.82) is 0 Å². The molecule has 75 heavy (non-hydrogen) atoms. The SMILES string of the molecule is CC1=C[C@]2(C)C[C@H]1C[C@H]([C@@H](C)[C@H]1CC[C@H]3C4=C(CC[C@]13C)[C@@]13CO[C@@](O)([C@@H](O)C1)C(C)(C)[C@@H]3[C@@H](OS(=O)(=O)O)C4)O[C@H]2CC[C@@H](C)[C@H]1CC[C@H]2C3=C(CC[C@]12C)[C@@]12CO[C@@](O)([C@@H](O)C1)C(C)(C)[C@@H]2[C@@H](OS(=O)(=O)O)C3. The van der Waals surface area contributed by atoms with Gasteiger partial charge >= 0.3 is 20.8 Å². The van der Waals surface area contributed by atoms with E-state index in [0.717, 1.165) is 77.0 Å². The Morgan fingerprint density at radius 2 is 1.16 bits per heavy atom. The first kappa shape index (κ1) is 54.3. The molecule has 422 valence electrons. The zero-order chi connectivity index (χ0) is 54.0. The number of ether oxygens (including phenoxy) is 3. The Hall–Kier alpha value is -1.32. The lowest BCUT2D eigenvalue weighted by atomic mass is 9.42. The third-order valence-corrected chi connectivity index (χ3v) is 26.5. The molecule has 4 saturated carbocycles. The second kappa shape index (κ2) is 16.9. The van der Waals surface area contributed by atoms with Crippen molar-refractivity contribution in [2.45, 2.75) is 220 Å². The van der Waals surface area contributed by atoms with Gasteiger partial charge in [0.25, 0.3) is 0 Å². The molecule has 14 aliphatic rings. The van der Waals surface area contributed by atoms with Crippen molar-refractivity contribution in [2.75, 3.05) is 13.2 Å². The summed E-state index contributed by atoms with van der Waals surface area (Å²) in [7, 11) is -9.66. The van der Waals surface area contributed by atoms with Gasteiger partial charge in [0, 0.05) is 38.9 Å². The van der Waals surface area contributed by atoms with E-state index in [0.29, 0.717) is 36.5 Å². The second-order valence-corrected chi connectivity index (χ2v) is 31.3. The van der Waals surface area contributed by atoms with E-state index in [1.54, 1.807) is 0 Å². The second-order valence-electron chi connectivity index (χ2n) is 29.3. The van der Waals surface area contributed by atoms with Crippen molar-refractivity contribution in [3.8, 4) is 0 Å². The van der Waals surface area contributed by atoms with Gasteiger partial charge in [0.1, 0.15) is 12.2 Å². The van der Waals surface area contributed by atoms with E-state index in [-0.39, 0.29) is 72.3 Å². The first-order valence-electron chi connectivity index (χ1n) is 28.9. The summed E-state index contributed by atoms with van der Waals surface area (Å²) in [5, 5.41) is 46.5. The van der Waals surface area contributed by atoms with Crippen LogP contribution in [-0.2, 0) is 43.4 Å². The van der Waals surface area contributed by atoms with Gasteiger partial charge in [0.2, 0.25) is 0 Å². The first-order valence-corrected chi connectivity index (χ1v) is 31.6. The Balaban J connectivity index is 0.784. The maximum atomic E-state index is 12.6.